The van der Waals surface area contributed by atoms with Gasteiger partial charge in [0.05, 0.1) is 23.8 Å². The van der Waals surface area contributed by atoms with E-state index in [4.69, 9.17) is 0 Å². The van der Waals surface area contributed by atoms with Crippen LogP contribution >= 0.6 is 0 Å². The minimum absolute atomic E-state index is 0.0472. The zero-order chi connectivity index (χ0) is 13.8. The van der Waals surface area contributed by atoms with Crippen molar-refractivity contribution in [2.24, 2.45) is 0 Å². The van der Waals surface area contributed by atoms with Crippen molar-refractivity contribution in [3.63, 3.8) is 0 Å². The second kappa shape index (κ2) is 5.52. The first kappa shape index (κ1) is 12.3. The quantitative estimate of drug-likeness (QED) is 0.756. The molecule has 0 aliphatic heterocycles. The summed E-state index contributed by atoms with van der Waals surface area (Å²) in [5.74, 6) is -0.0472. The van der Waals surface area contributed by atoms with Crippen LogP contribution in [0.3, 0.4) is 0 Å². The molecule has 0 saturated heterocycles. The van der Waals surface area contributed by atoms with Gasteiger partial charge in [0.1, 0.15) is 0 Å². The van der Waals surface area contributed by atoms with E-state index in [1.54, 1.807) is 12.4 Å². The molecule has 0 aliphatic rings. The Morgan fingerprint density at radius 1 is 1.20 bits per heavy atom. The molecule has 0 bridgehead atoms. The maximum absolute atomic E-state index is 11.9. The number of rotatable bonds is 4. The number of nitrogens with one attached hydrogen (secondary N) is 2. The van der Waals surface area contributed by atoms with Gasteiger partial charge in [-0.05, 0) is 12.1 Å². The van der Waals surface area contributed by atoms with Crippen molar-refractivity contribution in [3.05, 3.63) is 60.0 Å². The van der Waals surface area contributed by atoms with Crippen LogP contribution in [0.4, 0.5) is 0 Å². The predicted octanol–water partition coefficient (Wildman–Crippen LogP) is 1.82. The average Bonchev–Trinajstić information content (AvgIpc) is 2.98. The summed E-state index contributed by atoms with van der Waals surface area (Å²) in [5, 5.41) is 10.5. The molecule has 5 heteroatoms. The minimum Gasteiger partial charge on any atom is -0.352 e. The lowest BCUT2D eigenvalue weighted by Gasteiger charge is -2.04. The summed E-state index contributed by atoms with van der Waals surface area (Å²) in [4.78, 5) is 16.3. The number of fused-ring (bicyclic) bond motifs is 1. The summed E-state index contributed by atoms with van der Waals surface area (Å²) in [6.45, 7) is 0.475. The molecule has 3 aromatic rings. The highest BCUT2D eigenvalue weighted by atomic mass is 16.1. The predicted molar refractivity (Wildman–Crippen MR) is 75.9 cm³/mol. The number of carbonyl (C=O) groups excluding carboxylic acids is 1. The Balaban J connectivity index is 1.65. The van der Waals surface area contributed by atoms with Crippen LogP contribution in [0.5, 0.6) is 0 Å². The highest BCUT2D eigenvalue weighted by Crippen LogP contribution is 2.12. The van der Waals surface area contributed by atoms with Gasteiger partial charge in [0.15, 0.2) is 0 Å². The average molecular weight is 266 g/mol. The fourth-order valence-corrected chi connectivity index (χ4v) is 2.01. The lowest BCUT2D eigenvalue weighted by Crippen LogP contribution is -2.24. The van der Waals surface area contributed by atoms with Crippen LogP contribution in [0, 0.1) is 0 Å². The zero-order valence-corrected chi connectivity index (χ0v) is 10.8. The monoisotopic (exact) mass is 266 g/mol. The molecular formula is C15H14N4O. The van der Waals surface area contributed by atoms with E-state index in [-0.39, 0.29) is 12.3 Å². The number of hydrogen-bond acceptors (Lipinski definition) is 3. The molecule has 0 radical (unpaired) electrons. The molecule has 2 aromatic heterocycles. The second-order valence-corrected chi connectivity index (χ2v) is 4.56. The summed E-state index contributed by atoms with van der Waals surface area (Å²) >= 11 is 0. The minimum atomic E-state index is -0.0472. The zero-order valence-electron chi connectivity index (χ0n) is 10.8. The highest BCUT2D eigenvalue weighted by molar-refractivity contribution is 5.81. The molecule has 0 atom stereocenters. The van der Waals surface area contributed by atoms with E-state index in [1.807, 2.05) is 36.4 Å². The molecule has 2 N–H and O–H groups in total. The standard InChI is InChI=1S/C15H14N4O/c20-15(16-8-11-9-17-18-10-11)7-13-6-5-12-3-1-2-4-14(12)19-13/h1-6,9-10H,7-8H2,(H,16,20)(H,17,18). The summed E-state index contributed by atoms with van der Waals surface area (Å²) < 4.78 is 0. The normalized spacial score (nSPS) is 10.6. The third-order valence-electron chi connectivity index (χ3n) is 3.04. The Morgan fingerprint density at radius 3 is 2.95 bits per heavy atom. The third-order valence-corrected chi connectivity index (χ3v) is 3.04. The molecule has 1 amide bonds. The third kappa shape index (κ3) is 2.83. The van der Waals surface area contributed by atoms with E-state index in [1.165, 1.54) is 0 Å². The smallest absolute Gasteiger partial charge is 0.226 e. The van der Waals surface area contributed by atoms with Gasteiger partial charge in [0.25, 0.3) is 0 Å². The number of carbonyl (C=O) groups is 1. The van der Waals surface area contributed by atoms with Crippen LogP contribution in [0.2, 0.25) is 0 Å². The van der Waals surface area contributed by atoms with Crippen LogP contribution < -0.4 is 5.32 Å². The first-order valence-electron chi connectivity index (χ1n) is 6.40. The molecule has 0 fully saturated rings. The van der Waals surface area contributed by atoms with E-state index < -0.39 is 0 Å². The van der Waals surface area contributed by atoms with Crippen molar-refractivity contribution < 1.29 is 4.79 Å². The number of nitrogens with zero attached hydrogens (tertiary/aromatic N) is 2. The molecule has 0 aliphatic carbocycles. The van der Waals surface area contributed by atoms with E-state index in [2.05, 4.69) is 20.5 Å². The molecule has 5 nitrogen and oxygen atoms in total. The van der Waals surface area contributed by atoms with Crippen molar-refractivity contribution >= 4 is 16.8 Å². The lowest BCUT2D eigenvalue weighted by atomic mass is 10.2. The molecule has 2 heterocycles. The van der Waals surface area contributed by atoms with Crippen molar-refractivity contribution in [2.75, 3.05) is 0 Å². The van der Waals surface area contributed by atoms with Crippen LogP contribution in [0.15, 0.2) is 48.8 Å². The SMILES string of the molecule is O=C(Cc1ccc2ccccc2n1)NCc1cn[nH]c1. The van der Waals surface area contributed by atoms with Gasteiger partial charge in [-0.15, -0.1) is 0 Å². The fourth-order valence-electron chi connectivity index (χ4n) is 2.01. The number of aromatic amines is 1. The largest absolute Gasteiger partial charge is 0.352 e. The summed E-state index contributed by atoms with van der Waals surface area (Å²) in [6.07, 6.45) is 3.73. The Kier molecular flexibility index (Phi) is 3.41. The van der Waals surface area contributed by atoms with Crippen molar-refractivity contribution in [1.82, 2.24) is 20.5 Å². The number of benzene rings is 1. The molecule has 1 aromatic carbocycles. The van der Waals surface area contributed by atoms with Crippen molar-refractivity contribution in [1.29, 1.82) is 0 Å². The molecule has 100 valence electrons. The molecular weight excluding hydrogens is 252 g/mol. The maximum Gasteiger partial charge on any atom is 0.226 e. The lowest BCUT2D eigenvalue weighted by molar-refractivity contribution is -0.120. The van der Waals surface area contributed by atoms with E-state index in [9.17, 15) is 4.79 Å². The van der Waals surface area contributed by atoms with Gasteiger partial charge in [-0.25, -0.2) is 0 Å². The number of amides is 1. The molecule has 20 heavy (non-hydrogen) atoms. The van der Waals surface area contributed by atoms with Gasteiger partial charge in [-0.2, -0.15) is 5.10 Å². The van der Waals surface area contributed by atoms with Gasteiger partial charge in [0, 0.05) is 23.7 Å². The molecule has 0 spiro atoms. The van der Waals surface area contributed by atoms with Gasteiger partial charge in [-0.1, -0.05) is 24.3 Å². The highest BCUT2D eigenvalue weighted by Gasteiger charge is 2.05. The Labute approximate surface area is 116 Å². The van der Waals surface area contributed by atoms with E-state index in [0.717, 1.165) is 22.2 Å². The van der Waals surface area contributed by atoms with Gasteiger partial charge in [-0.3, -0.25) is 14.9 Å². The Bertz CT molecular complexity index is 722. The van der Waals surface area contributed by atoms with Crippen LogP contribution in [-0.2, 0) is 17.8 Å². The van der Waals surface area contributed by atoms with E-state index >= 15 is 0 Å². The second-order valence-electron chi connectivity index (χ2n) is 4.56. The summed E-state index contributed by atoms with van der Waals surface area (Å²) in [6, 6.07) is 11.7. The number of hydrogen-bond donors (Lipinski definition) is 2. The molecule has 0 saturated carbocycles. The maximum atomic E-state index is 11.9. The molecule has 0 unspecified atom stereocenters. The number of pyridine rings is 1. The van der Waals surface area contributed by atoms with Crippen LogP contribution in [0.25, 0.3) is 10.9 Å². The van der Waals surface area contributed by atoms with Gasteiger partial charge >= 0.3 is 0 Å². The number of aromatic nitrogens is 3. The van der Waals surface area contributed by atoms with Crippen LogP contribution in [0.1, 0.15) is 11.3 Å². The number of para-hydroxylation sites is 1. The summed E-state index contributed by atoms with van der Waals surface area (Å²) in [7, 11) is 0. The Hall–Kier alpha value is -2.69. The first-order chi connectivity index (χ1) is 9.81. The fraction of sp³-hybridized carbons (Fsp3) is 0.133. The van der Waals surface area contributed by atoms with E-state index in [0.29, 0.717) is 6.54 Å². The van der Waals surface area contributed by atoms with Gasteiger partial charge < -0.3 is 5.32 Å². The topological polar surface area (TPSA) is 70.7 Å². The van der Waals surface area contributed by atoms with Crippen molar-refractivity contribution in [3.8, 4) is 0 Å². The first-order valence-corrected chi connectivity index (χ1v) is 6.40. The Morgan fingerprint density at radius 2 is 2.10 bits per heavy atom. The summed E-state index contributed by atoms with van der Waals surface area (Å²) in [5.41, 5.74) is 2.63. The van der Waals surface area contributed by atoms with Gasteiger partial charge in [0.2, 0.25) is 5.91 Å². The molecule has 3 rings (SSSR count). The number of H-pyrrole nitrogens is 1. The van der Waals surface area contributed by atoms with Crippen molar-refractivity contribution in [2.45, 2.75) is 13.0 Å². The van der Waals surface area contributed by atoms with Crippen LogP contribution in [-0.4, -0.2) is 21.1 Å².